The number of halogens is 1. The van der Waals surface area contributed by atoms with Gasteiger partial charge in [0.15, 0.2) is 0 Å². The number of hydrogen-bond donors (Lipinski definition) is 1. The molecule has 1 aromatic heterocycles. The predicted molar refractivity (Wildman–Crippen MR) is 72.1 cm³/mol. The van der Waals surface area contributed by atoms with Crippen molar-refractivity contribution in [3.63, 3.8) is 0 Å². The first kappa shape index (κ1) is 12.0. The molecule has 0 saturated heterocycles. The first-order valence-corrected chi connectivity index (χ1v) is 5.79. The van der Waals surface area contributed by atoms with E-state index in [1.165, 1.54) is 0 Å². The Morgan fingerprint density at radius 3 is 2.47 bits per heavy atom. The molecule has 0 fully saturated rings. The maximum absolute atomic E-state index is 5.85. The predicted octanol–water partition coefficient (Wildman–Crippen LogP) is 2.55. The lowest BCUT2D eigenvalue weighted by Crippen LogP contribution is -2.21. The third kappa shape index (κ3) is 2.78. The van der Waals surface area contributed by atoms with Gasteiger partial charge in [-0.05, 0) is 29.8 Å². The van der Waals surface area contributed by atoms with Crippen molar-refractivity contribution in [1.29, 1.82) is 0 Å². The van der Waals surface area contributed by atoms with Gasteiger partial charge in [0.25, 0.3) is 0 Å². The Labute approximate surface area is 110 Å². The molecule has 2 rings (SSSR count). The molecule has 0 aliphatic heterocycles. The van der Waals surface area contributed by atoms with Gasteiger partial charge >= 0.3 is 0 Å². The highest BCUT2D eigenvalue weighted by molar-refractivity contribution is 7.80. The van der Waals surface area contributed by atoms with E-state index in [-0.39, 0.29) is 5.92 Å². The summed E-state index contributed by atoms with van der Waals surface area (Å²) < 4.78 is 0. The Hall–Kier alpha value is -1.52. The highest BCUT2D eigenvalue weighted by Gasteiger charge is 2.18. The molecule has 0 bridgehead atoms. The minimum atomic E-state index is -0.226. The Balaban J connectivity index is 2.43. The molecule has 0 spiro atoms. The van der Waals surface area contributed by atoms with Crippen LogP contribution in [0.25, 0.3) is 0 Å². The highest BCUT2D eigenvalue weighted by atomic mass is 35.5. The lowest BCUT2D eigenvalue weighted by Gasteiger charge is -2.14. The molecule has 0 amide bonds. The van der Waals surface area contributed by atoms with Gasteiger partial charge in [0.05, 0.1) is 16.6 Å². The molecule has 86 valence electrons. The van der Waals surface area contributed by atoms with E-state index in [0.717, 1.165) is 11.3 Å². The average Bonchev–Trinajstić information content (AvgIpc) is 2.33. The zero-order chi connectivity index (χ0) is 12.3. The number of nitrogens with two attached hydrogens (primary N) is 1. The zero-order valence-electron chi connectivity index (χ0n) is 8.88. The normalized spacial score (nSPS) is 12.1. The van der Waals surface area contributed by atoms with Crippen LogP contribution < -0.4 is 5.73 Å². The first-order chi connectivity index (χ1) is 8.18. The molecule has 1 heterocycles. The molecule has 1 aromatic carbocycles. The summed E-state index contributed by atoms with van der Waals surface area (Å²) in [5.74, 6) is -0.226. The molecule has 17 heavy (non-hydrogen) atoms. The average molecular weight is 264 g/mol. The van der Waals surface area contributed by atoms with Gasteiger partial charge in [0.1, 0.15) is 0 Å². The number of thiocarbonyl (C=S) groups is 1. The van der Waals surface area contributed by atoms with Gasteiger partial charge in [-0.1, -0.05) is 36.0 Å². The minimum Gasteiger partial charge on any atom is -0.392 e. The van der Waals surface area contributed by atoms with Crippen molar-refractivity contribution < 1.29 is 0 Å². The van der Waals surface area contributed by atoms with Crippen LogP contribution in [0.3, 0.4) is 0 Å². The van der Waals surface area contributed by atoms with Crippen LogP contribution in [-0.2, 0) is 0 Å². The lowest BCUT2D eigenvalue weighted by atomic mass is 9.95. The maximum Gasteiger partial charge on any atom is 0.0864 e. The van der Waals surface area contributed by atoms with Crippen LogP contribution in [0, 0.1) is 0 Å². The van der Waals surface area contributed by atoms with Gasteiger partial charge in [-0.25, -0.2) is 0 Å². The lowest BCUT2D eigenvalue weighted by molar-refractivity contribution is 0.902. The van der Waals surface area contributed by atoms with Crippen molar-refractivity contribution >= 4 is 28.8 Å². The third-order valence-corrected chi connectivity index (χ3v) is 2.86. The SMILES string of the molecule is NC(=S)C(c1ccc(Cl)cc1)c1cccnn1. The molecule has 0 radical (unpaired) electrons. The van der Waals surface area contributed by atoms with E-state index in [0.29, 0.717) is 10.0 Å². The van der Waals surface area contributed by atoms with Crippen molar-refractivity contribution in [2.75, 3.05) is 0 Å². The van der Waals surface area contributed by atoms with Gasteiger partial charge in [-0.15, -0.1) is 0 Å². The van der Waals surface area contributed by atoms with Gasteiger partial charge in [0.2, 0.25) is 0 Å². The number of rotatable bonds is 3. The van der Waals surface area contributed by atoms with Crippen molar-refractivity contribution in [2.24, 2.45) is 5.73 Å². The van der Waals surface area contributed by atoms with E-state index in [4.69, 9.17) is 29.6 Å². The fourth-order valence-electron chi connectivity index (χ4n) is 1.60. The van der Waals surface area contributed by atoms with Crippen molar-refractivity contribution in [3.8, 4) is 0 Å². The van der Waals surface area contributed by atoms with Crippen LogP contribution in [0.15, 0.2) is 42.6 Å². The van der Waals surface area contributed by atoms with Gasteiger partial charge in [0, 0.05) is 11.2 Å². The summed E-state index contributed by atoms with van der Waals surface area (Å²) in [7, 11) is 0. The molecule has 2 aromatic rings. The topological polar surface area (TPSA) is 51.8 Å². The molecular formula is C12H10ClN3S. The summed E-state index contributed by atoms with van der Waals surface area (Å²) in [4.78, 5) is 0.368. The smallest absolute Gasteiger partial charge is 0.0864 e. The monoisotopic (exact) mass is 263 g/mol. The van der Waals surface area contributed by atoms with Gasteiger partial charge < -0.3 is 5.73 Å². The minimum absolute atomic E-state index is 0.226. The second-order valence-electron chi connectivity index (χ2n) is 3.54. The van der Waals surface area contributed by atoms with Gasteiger partial charge in [-0.2, -0.15) is 10.2 Å². The van der Waals surface area contributed by atoms with Crippen molar-refractivity contribution in [3.05, 3.63) is 58.9 Å². The molecule has 5 heteroatoms. The van der Waals surface area contributed by atoms with Crippen LogP contribution in [-0.4, -0.2) is 15.2 Å². The van der Waals surface area contributed by atoms with Gasteiger partial charge in [-0.3, -0.25) is 0 Å². The second kappa shape index (κ2) is 5.21. The largest absolute Gasteiger partial charge is 0.392 e. The third-order valence-electron chi connectivity index (χ3n) is 2.38. The second-order valence-corrected chi connectivity index (χ2v) is 4.44. The van der Waals surface area contributed by atoms with Crippen molar-refractivity contribution in [1.82, 2.24) is 10.2 Å². The number of benzene rings is 1. The fraction of sp³-hybridized carbons (Fsp3) is 0.0833. The Morgan fingerprint density at radius 1 is 1.24 bits per heavy atom. The van der Waals surface area contributed by atoms with E-state index < -0.39 is 0 Å². The van der Waals surface area contributed by atoms with E-state index in [2.05, 4.69) is 10.2 Å². The van der Waals surface area contributed by atoms with Crippen LogP contribution in [0.2, 0.25) is 5.02 Å². The summed E-state index contributed by atoms with van der Waals surface area (Å²) in [6.07, 6.45) is 1.61. The standard InChI is InChI=1S/C12H10ClN3S/c13-9-5-3-8(4-6-9)11(12(14)17)10-2-1-7-15-16-10/h1-7,11H,(H2,14,17). The Kier molecular flexibility index (Phi) is 3.66. The molecule has 1 unspecified atom stereocenters. The van der Waals surface area contributed by atoms with Crippen molar-refractivity contribution in [2.45, 2.75) is 5.92 Å². The molecule has 3 nitrogen and oxygen atoms in total. The fourth-order valence-corrected chi connectivity index (χ4v) is 1.99. The Bertz CT molecular complexity index is 513. The van der Waals surface area contributed by atoms with Crippen LogP contribution in [0.5, 0.6) is 0 Å². The number of aromatic nitrogens is 2. The van der Waals surface area contributed by atoms with Crippen LogP contribution in [0.1, 0.15) is 17.2 Å². The quantitative estimate of drug-likeness (QED) is 0.865. The van der Waals surface area contributed by atoms with Crippen LogP contribution >= 0.6 is 23.8 Å². The molecular weight excluding hydrogens is 254 g/mol. The highest BCUT2D eigenvalue weighted by Crippen LogP contribution is 2.24. The Morgan fingerprint density at radius 2 is 1.94 bits per heavy atom. The summed E-state index contributed by atoms with van der Waals surface area (Å²) >= 11 is 10.9. The summed E-state index contributed by atoms with van der Waals surface area (Å²) in [6.45, 7) is 0. The molecule has 0 aliphatic rings. The summed E-state index contributed by atoms with van der Waals surface area (Å²) in [5, 5.41) is 8.56. The first-order valence-electron chi connectivity index (χ1n) is 5.01. The van der Waals surface area contributed by atoms with E-state index in [1.807, 2.05) is 24.3 Å². The van der Waals surface area contributed by atoms with E-state index in [1.54, 1.807) is 18.3 Å². The zero-order valence-corrected chi connectivity index (χ0v) is 10.4. The number of nitrogens with zero attached hydrogens (tertiary/aromatic N) is 2. The summed E-state index contributed by atoms with van der Waals surface area (Å²) in [5.41, 5.74) is 7.47. The molecule has 0 aliphatic carbocycles. The maximum atomic E-state index is 5.85. The summed E-state index contributed by atoms with van der Waals surface area (Å²) in [6, 6.07) is 11.0. The van der Waals surface area contributed by atoms with E-state index in [9.17, 15) is 0 Å². The number of hydrogen-bond acceptors (Lipinski definition) is 3. The molecule has 0 saturated carbocycles. The van der Waals surface area contributed by atoms with Crippen LogP contribution in [0.4, 0.5) is 0 Å². The molecule has 1 atom stereocenters. The molecule has 2 N–H and O–H groups in total. The van der Waals surface area contributed by atoms with E-state index >= 15 is 0 Å².